The van der Waals surface area contributed by atoms with Crippen LogP contribution in [0, 0.1) is 0 Å². The number of benzene rings is 3. The van der Waals surface area contributed by atoms with Gasteiger partial charge in [-0.15, -0.1) is 0 Å². The summed E-state index contributed by atoms with van der Waals surface area (Å²) in [5.41, 5.74) is 6.44. The molecule has 1 N–H and O–H groups in total. The first-order valence-corrected chi connectivity index (χ1v) is 17.4. The number of fused-ring (bicyclic) bond motifs is 4. The summed E-state index contributed by atoms with van der Waals surface area (Å²) in [6.45, 7) is 1.75. The number of hydrogen-bond donors (Lipinski definition) is 1. The van der Waals surface area contributed by atoms with E-state index in [-0.39, 0.29) is 24.7 Å². The number of carbonyl (C=O) groups excluding carboxylic acids is 2. The number of allylic oxidation sites excluding steroid dienone is 6. The molecule has 9 rings (SSSR count). The topological polar surface area (TPSA) is 101 Å². The second-order valence-corrected chi connectivity index (χ2v) is 14.1. The summed E-state index contributed by atoms with van der Waals surface area (Å²) in [6, 6.07) is 29.1. The van der Waals surface area contributed by atoms with Gasteiger partial charge >= 0.3 is 0 Å². The highest BCUT2D eigenvalue weighted by Crippen LogP contribution is 2.54. The van der Waals surface area contributed by atoms with Gasteiger partial charge in [-0.2, -0.15) is 9.61 Å². The number of aromatic nitrogens is 4. The van der Waals surface area contributed by atoms with Gasteiger partial charge in [-0.3, -0.25) is 14.5 Å². The predicted octanol–water partition coefficient (Wildman–Crippen LogP) is 8.33. The van der Waals surface area contributed by atoms with Crippen LogP contribution in [0.5, 0.6) is 0 Å². The van der Waals surface area contributed by atoms with Crippen molar-refractivity contribution in [3.8, 4) is 22.4 Å². The molecule has 0 bridgehead atoms. The van der Waals surface area contributed by atoms with Crippen molar-refractivity contribution in [1.82, 2.24) is 24.5 Å². The standard InChI is InChI=1S/C43H35N5O3/c1-42(51)26-43(27-42,47-40(49)33-17-11-12-18-34(33)41(47)50)32-21-19-30(20-22-32)38-35(28-13-9-6-10-14-28)23-31-25-44-37-24-36(46-48(37)39(31)45-38)29-15-7-4-2-3-5-8-16-29/h4,6-25,51H,2-3,5,26-27H2,1H3/b7-4-,16-8-,29-15+. The molecule has 3 aromatic heterocycles. The van der Waals surface area contributed by atoms with E-state index in [9.17, 15) is 14.7 Å². The Morgan fingerprint density at radius 3 is 2.22 bits per heavy atom. The van der Waals surface area contributed by atoms with Gasteiger partial charge in [-0.25, -0.2) is 9.97 Å². The molecule has 3 aromatic carbocycles. The summed E-state index contributed by atoms with van der Waals surface area (Å²) >= 11 is 0. The van der Waals surface area contributed by atoms with Crippen LogP contribution in [0.15, 0.2) is 128 Å². The molecular formula is C43H35N5O3. The number of amides is 2. The Hall–Kier alpha value is -5.99. The van der Waals surface area contributed by atoms with Gasteiger partial charge in [-0.1, -0.05) is 97.1 Å². The fraction of sp³-hybridized carbons (Fsp3) is 0.186. The van der Waals surface area contributed by atoms with Gasteiger partial charge in [0.1, 0.15) is 0 Å². The number of pyridine rings is 1. The zero-order valence-electron chi connectivity index (χ0n) is 28.2. The molecule has 0 spiro atoms. The van der Waals surface area contributed by atoms with E-state index in [4.69, 9.17) is 15.1 Å². The first-order valence-electron chi connectivity index (χ1n) is 17.4. The molecule has 3 aliphatic rings. The summed E-state index contributed by atoms with van der Waals surface area (Å²) in [7, 11) is 0. The van der Waals surface area contributed by atoms with E-state index in [0.29, 0.717) is 22.4 Å². The average Bonchev–Trinajstić information content (AvgIpc) is 3.73. The summed E-state index contributed by atoms with van der Waals surface area (Å²) < 4.78 is 1.82. The van der Waals surface area contributed by atoms with Crippen molar-refractivity contribution < 1.29 is 14.7 Å². The summed E-state index contributed by atoms with van der Waals surface area (Å²) in [6.07, 6.45) is 16.2. The molecule has 1 fully saturated rings. The quantitative estimate of drug-likeness (QED) is 0.185. The third-order valence-corrected chi connectivity index (χ3v) is 10.4. The summed E-state index contributed by atoms with van der Waals surface area (Å²) in [4.78, 5) is 38.8. The minimum absolute atomic E-state index is 0.252. The van der Waals surface area contributed by atoms with Crippen LogP contribution in [0.4, 0.5) is 0 Å². The normalized spacial score (nSPS) is 24.0. The zero-order valence-corrected chi connectivity index (χ0v) is 28.2. The van der Waals surface area contributed by atoms with E-state index in [0.717, 1.165) is 63.9 Å². The van der Waals surface area contributed by atoms with Crippen molar-refractivity contribution in [2.45, 2.75) is 50.2 Å². The average molecular weight is 670 g/mol. The maximum Gasteiger partial charge on any atom is 0.262 e. The van der Waals surface area contributed by atoms with Crippen molar-refractivity contribution in [2.24, 2.45) is 0 Å². The van der Waals surface area contributed by atoms with Crippen molar-refractivity contribution in [3.63, 3.8) is 0 Å². The van der Waals surface area contributed by atoms with Gasteiger partial charge in [0.25, 0.3) is 11.8 Å². The van der Waals surface area contributed by atoms with Crippen LogP contribution < -0.4 is 0 Å². The maximum absolute atomic E-state index is 13.7. The van der Waals surface area contributed by atoms with Gasteiger partial charge in [0.15, 0.2) is 11.3 Å². The fourth-order valence-corrected chi connectivity index (χ4v) is 8.01. The van der Waals surface area contributed by atoms with Crippen LogP contribution in [-0.2, 0) is 5.54 Å². The van der Waals surface area contributed by atoms with E-state index in [2.05, 4.69) is 48.6 Å². The van der Waals surface area contributed by atoms with Crippen LogP contribution in [0.25, 0.3) is 44.6 Å². The maximum atomic E-state index is 13.7. The molecule has 2 aliphatic carbocycles. The lowest BCUT2D eigenvalue weighted by Gasteiger charge is -2.55. The molecule has 0 radical (unpaired) electrons. The first kappa shape index (κ1) is 31.0. The lowest BCUT2D eigenvalue weighted by molar-refractivity contribution is -0.118. The second-order valence-electron chi connectivity index (χ2n) is 14.1. The van der Waals surface area contributed by atoms with Crippen LogP contribution in [0.2, 0.25) is 0 Å². The van der Waals surface area contributed by atoms with Crippen LogP contribution >= 0.6 is 0 Å². The SMILES string of the molecule is CC1(O)CC(c2ccc(-c3nc4c(cnc5cc(C6=C/C=C\CCC/C=C\6)nn54)cc3-c3ccccc3)cc2)(N2C(=O)c3ccccc3C2=O)C1. The predicted molar refractivity (Wildman–Crippen MR) is 198 cm³/mol. The number of nitrogens with zero attached hydrogens (tertiary/aromatic N) is 5. The zero-order chi connectivity index (χ0) is 34.7. The van der Waals surface area contributed by atoms with Crippen molar-refractivity contribution >= 4 is 34.1 Å². The molecule has 0 atom stereocenters. The molecule has 8 heteroatoms. The lowest BCUT2D eigenvalue weighted by atomic mass is 9.61. The highest BCUT2D eigenvalue weighted by atomic mass is 16.3. The Bertz CT molecular complexity index is 2430. The second kappa shape index (κ2) is 11.8. The van der Waals surface area contributed by atoms with Gasteiger partial charge in [0, 0.05) is 47.2 Å². The minimum Gasteiger partial charge on any atom is -0.390 e. The number of imide groups is 1. The largest absolute Gasteiger partial charge is 0.390 e. The molecule has 4 heterocycles. The molecule has 2 amide bonds. The number of hydrogen-bond acceptors (Lipinski definition) is 6. The Kier molecular flexibility index (Phi) is 7.19. The van der Waals surface area contributed by atoms with E-state index in [1.807, 2.05) is 59.2 Å². The Morgan fingerprint density at radius 2 is 1.49 bits per heavy atom. The van der Waals surface area contributed by atoms with Crippen LogP contribution in [-0.4, -0.2) is 47.0 Å². The fourth-order valence-electron chi connectivity index (χ4n) is 8.01. The minimum atomic E-state index is -1.01. The highest BCUT2D eigenvalue weighted by Gasteiger charge is 2.60. The summed E-state index contributed by atoms with van der Waals surface area (Å²) in [5.74, 6) is -0.655. The molecular weight excluding hydrogens is 635 g/mol. The van der Waals surface area contributed by atoms with Crippen molar-refractivity contribution in [1.29, 1.82) is 0 Å². The number of carbonyl (C=O) groups is 2. The van der Waals surface area contributed by atoms with Gasteiger partial charge in [0.2, 0.25) is 0 Å². The van der Waals surface area contributed by atoms with Crippen LogP contribution in [0.3, 0.4) is 0 Å². The Morgan fingerprint density at radius 1 is 0.784 bits per heavy atom. The number of aliphatic hydroxyl groups is 1. The van der Waals surface area contributed by atoms with Crippen molar-refractivity contribution in [3.05, 3.63) is 150 Å². The van der Waals surface area contributed by atoms with E-state index in [1.165, 1.54) is 4.90 Å². The molecule has 0 saturated heterocycles. The number of rotatable bonds is 5. The molecule has 8 nitrogen and oxygen atoms in total. The molecule has 250 valence electrons. The first-order chi connectivity index (χ1) is 24.8. The molecule has 6 aromatic rings. The van der Waals surface area contributed by atoms with E-state index >= 15 is 0 Å². The highest BCUT2D eigenvalue weighted by molar-refractivity contribution is 6.22. The van der Waals surface area contributed by atoms with Gasteiger partial charge in [0.05, 0.1) is 33.7 Å². The van der Waals surface area contributed by atoms with Gasteiger partial charge < -0.3 is 5.11 Å². The third kappa shape index (κ3) is 5.13. The van der Waals surface area contributed by atoms with Gasteiger partial charge in [-0.05, 0) is 55.5 Å². The molecule has 1 saturated carbocycles. The van der Waals surface area contributed by atoms with Crippen LogP contribution in [0.1, 0.15) is 71.0 Å². The monoisotopic (exact) mass is 669 g/mol. The smallest absolute Gasteiger partial charge is 0.262 e. The summed E-state index contributed by atoms with van der Waals surface area (Å²) in [5, 5.41) is 16.8. The molecule has 1 aliphatic heterocycles. The van der Waals surface area contributed by atoms with E-state index in [1.54, 1.807) is 31.2 Å². The third-order valence-electron chi connectivity index (χ3n) is 10.4. The molecule has 51 heavy (non-hydrogen) atoms. The lowest BCUT2D eigenvalue weighted by Crippen LogP contribution is -2.63. The molecule has 0 unspecified atom stereocenters. The Balaban J connectivity index is 1.17. The van der Waals surface area contributed by atoms with E-state index < -0.39 is 11.1 Å². The Labute approximate surface area is 295 Å². The van der Waals surface area contributed by atoms with Crippen molar-refractivity contribution in [2.75, 3.05) is 0 Å².